The van der Waals surface area contributed by atoms with Crippen molar-refractivity contribution in [2.24, 2.45) is 4.99 Å². The minimum atomic E-state index is 0.0462. The van der Waals surface area contributed by atoms with Gasteiger partial charge in [0.05, 0.1) is 26.5 Å². The molecule has 0 saturated heterocycles. The molecule has 5 heteroatoms. The van der Waals surface area contributed by atoms with E-state index < -0.39 is 0 Å². The van der Waals surface area contributed by atoms with Gasteiger partial charge in [0.25, 0.3) is 0 Å². The number of hydrogen-bond acceptors (Lipinski definition) is 5. The molecule has 3 rings (SSSR count). The number of aliphatic imine (C=N–C) groups is 1. The Morgan fingerprint density at radius 1 is 1.04 bits per heavy atom. The summed E-state index contributed by atoms with van der Waals surface area (Å²) < 4.78 is 10.5. The van der Waals surface area contributed by atoms with Gasteiger partial charge in [0.2, 0.25) is 5.75 Å². The first-order chi connectivity index (χ1) is 11.7. The Labute approximate surface area is 141 Å². The smallest absolute Gasteiger partial charge is 0.203 e. The van der Waals surface area contributed by atoms with Gasteiger partial charge in [-0.2, -0.15) is 0 Å². The highest BCUT2D eigenvalue weighted by Crippen LogP contribution is 2.41. The maximum Gasteiger partial charge on any atom is 0.203 e. The average Bonchev–Trinajstić information content (AvgIpc) is 2.88. The molecule has 0 amide bonds. The van der Waals surface area contributed by atoms with Crippen molar-refractivity contribution < 1.29 is 14.6 Å². The van der Waals surface area contributed by atoms with Crippen molar-refractivity contribution in [1.82, 2.24) is 5.32 Å². The Bertz CT molecular complexity index is 783. The first-order valence-corrected chi connectivity index (χ1v) is 7.74. The first-order valence-electron chi connectivity index (χ1n) is 7.74. The molecular formula is C19H20N2O3. The summed E-state index contributed by atoms with van der Waals surface area (Å²) in [5.74, 6) is 0.856. The summed E-state index contributed by atoms with van der Waals surface area (Å²) in [6.45, 7) is 1.36. The normalized spacial score (nSPS) is 14.1. The zero-order valence-electron chi connectivity index (χ0n) is 13.7. The zero-order valence-corrected chi connectivity index (χ0v) is 13.7. The maximum atomic E-state index is 10.6. The van der Waals surface area contributed by atoms with Gasteiger partial charge in [-0.05, 0) is 23.8 Å². The molecule has 0 bridgehead atoms. The summed E-state index contributed by atoms with van der Waals surface area (Å²) in [5.41, 5.74) is 3.37. The molecule has 0 aliphatic carbocycles. The Kier molecular flexibility index (Phi) is 4.70. The molecule has 0 unspecified atom stereocenters. The van der Waals surface area contributed by atoms with E-state index in [9.17, 15) is 5.11 Å². The summed E-state index contributed by atoms with van der Waals surface area (Å²) in [6.07, 6.45) is 1.95. The molecule has 0 fully saturated rings. The van der Waals surface area contributed by atoms with Gasteiger partial charge >= 0.3 is 0 Å². The summed E-state index contributed by atoms with van der Waals surface area (Å²) in [5, 5.41) is 13.9. The molecule has 2 aromatic rings. The molecule has 0 spiro atoms. The van der Waals surface area contributed by atoms with Crippen LogP contribution in [0.15, 0.2) is 53.5 Å². The summed E-state index contributed by atoms with van der Waals surface area (Å²) in [6, 6.07) is 13.6. The molecule has 2 aromatic carbocycles. The average molecular weight is 324 g/mol. The summed E-state index contributed by atoms with van der Waals surface area (Å²) in [4.78, 5) is 4.62. The molecule has 1 aliphatic heterocycles. The Morgan fingerprint density at radius 3 is 2.54 bits per heavy atom. The highest BCUT2D eigenvalue weighted by molar-refractivity contribution is 6.12. The van der Waals surface area contributed by atoms with E-state index in [1.807, 2.05) is 42.5 Å². The van der Waals surface area contributed by atoms with Gasteiger partial charge in [0, 0.05) is 17.8 Å². The number of ether oxygens (including phenoxy) is 2. The zero-order chi connectivity index (χ0) is 16.9. The monoisotopic (exact) mass is 324 g/mol. The number of benzene rings is 2. The van der Waals surface area contributed by atoms with Crippen molar-refractivity contribution in [2.45, 2.75) is 0 Å². The van der Waals surface area contributed by atoms with Crippen LogP contribution in [-0.4, -0.2) is 38.1 Å². The highest BCUT2D eigenvalue weighted by Gasteiger charge is 2.18. The third kappa shape index (κ3) is 3.06. The van der Waals surface area contributed by atoms with Crippen LogP contribution in [0.25, 0.3) is 5.70 Å². The molecule has 2 N–H and O–H groups in total. The SMILES string of the molecule is COc1ccc(C2=CC(c3ccccc3)=NCCN2)c(O)c1OC. The minimum absolute atomic E-state index is 0.0462. The molecule has 0 aromatic heterocycles. The van der Waals surface area contributed by atoms with Crippen LogP contribution in [0.1, 0.15) is 11.1 Å². The molecule has 0 radical (unpaired) electrons. The number of rotatable bonds is 4. The fourth-order valence-corrected chi connectivity index (χ4v) is 2.68. The number of phenolic OH excluding ortho intramolecular Hbond substituents is 1. The van der Waals surface area contributed by atoms with Crippen LogP contribution in [0.5, 0.6) is 17.2 Å². The Morgan fingerprint density at radius 2 is 1.83 bits per heavy atom. The lowest BCUT2D eigenvalue weighted by atomic mass is 10.0. The van der Waals surface area contributed by atoms with E-state index in [1.54, 1.807) is 13.2 Å². The van der Waals surface area contributed by atoms with Crippen molar-refractivity contribution in [2.75, 3.05) is 27.3 Å². The van der Waals surface area contributed by atoms with E-state index in [0.717, 1.165) is 17.0 Å². The second kappa shape index (κ2) is 7.08. The van der Waals surface area contributed by atoms with Gasteiger partial charge in [-0.1, -0.05) is 30.3 Å². The quantitative estimate of drug-likeness (QED) is 0.908. The van der Waals surface area contributed by atoms with E-state index in [-0.39, 0.29) is 5.75 Å². The van der Waals surface area contributed by atoms with E-state index in [0.29, 0.717) is 30.2 Å². The van der Waals surface area contributed by atoms with Crippen molar-refractivity contribution in [3.05, 3.63) is 59.7 Å². The topological polar surface area (TPSA) is 63.1 Å². The summed E-state index contributed by atoms with van der Waals surface area (Å²) in [7, 11) is 3.05. The number of nitrogens with zero attached hydrogens (tertiary/aromatic N) is 1. The van der Waals surface area contributed by atoms with Gasteiger partial charge < -0.3 is 19.9 Å². The Balaban J connectivity index is 2.05. The van der Waals surface area contributed by atoms with Crippen molar-refractivity contribution in [3.63, 3.8) is 0 Å². The molecule has 0 atom stereocenters. The third-order valence-electron chi connectivity index (χ3n) is 3.87. The number of aromatic hydroxyl groups is 1. The number of allylic oxidation sites excluding steroid dienone is 1. The van der Waals surface area contributed by atoms with Crippen LogP contribution in [0, 0.1) is 0 Å². The predicted molar refractivity (Wildman–Crippen MR) is 95.0 cm³/mol. The lowest BCUT2D eigenvalue weighted by Gasteiger charge is -2.15. The van der Waals surface area contributed by atoms with E-state index >= 15 is 0 Å². The molecule has 24 heavy (non-hydrogen) atoms. The van der Waals surface area contributed by atoms with Gasteiger partial charge in [-0.3, -0.25) is 4.99 Å². The van der Waals surface area contributed by atoms with Crippen LogP contribution in [0.2, 0.25) is 0 Å². The molecule has 5 nitrogen and oxygen atoms in total. The van der Waals surface area contributed by atoms with Crippen LogP contribution in [-0.2, 0) is 0 Å². The van der Waals surface area contributed by atoms with E-state index in [4.69, 9.17) is 9.47 Å². The van der Waals surface area contributed by atoms with Crippen molar-refractivity contribution in [1.29, 1.82) is 0 Å². The fraction of sp³-hybridized carbons (Fsp3) is 0.211. The third-order valence-corrected chi connectivity index (χ3v) is 3.87. The van der Waals surface area contributed by atoms with Crippen LogP contribution < -0.4 is 14.8 Å². The first kappa shape index (κ1) is 15.9. The molecule has 1 aliphatic rings. The van der Waals surface area contributed by atoms with Gasteiger partial charge in [0.1, 0.15) is 0 Å². The van der Waals surface area contributed by atoms with E-state index in [1.165, 1.54) is 7.11 Å². The minimum Gasteiger partial charge on any atom is -0.504 e. The molecule has 0 saturated carbocycles. The standard InChI is InChI=1S/C19H20N2O3/c1-23-17-9-8-14(18(22)19(17)24-2)16-12-15(20-10-11-21-16)13-6-4-3-5-7-13/h3-9,12,21-22H,10-11H2,1-2H3. The second-order valence-electron chi connectivity index (χ2n) is 5.32. The van der Waals surface area contributed by atoms with Crippen LogP contribution >= 0.6 is 0 Å². The lowest BCUT2D eigenvalue weighted by Crippen LogP contribution is -2.15. The van der Waals surface area contributed by atoms with E-state index in [2.05, 4.69) is 10.3 Å². The second-order valence-corrected chi connectivity index (χ2v) is 5.32. The fourth-order valence-electron chi connectivity index (χ4n) is 2.68. The number of phenols is 1. The molecule has 1 heterocycles. The number of nitrogens with one attached hydrogen (secondary N) is 1. The maximum absolute atomic E-state index is 10.6. The summed E-state index contributed by atoms with van der Waals surface area (Å²) >= 11 is 0. The Hall–Kier alpha value is -2.95. The van der Waals surface area contributed by atoms with Gasteiger partial charge in [0.15, 0.2) is 11.5 Å². The largest absolute Gasteiger partial charge is 0.504 e. The van der Waals surface area contributed by atoms with Crippen molar-refractivity contribution >= 4 is 11.4 Å². The number of methoxy groups -OCH3 is 2. The predicted octanol–water partition coefficient (Wildman–Crippen LogP) is 2.84. The highest BCUT2D eigenvalue weighted by atomic mass is 16.5. The molecule has 124 valence electrons. The van der Waals surface area contributed by atoms with Crippen LogP contribution in [0.4, 0.5) is 0 Å². The lowest BCUT2D eigenvalue weighted by molar-refractivity contribution is 0.332. The van der Waals surface area contributed by atoms with Crippen LogP contribution in [0.3, 0.4) is 0 Å². The molecular weight excluding hydrogens is 304 g/mol. The number of hydrogen-bond donors (Lipinski definition) is 2. The van der Waals surface area contributed by atoms with Gasteiger partial charge in [-0.25, -0.2) is 0 Å². The van der Waals surface area contributed by atoms with Gasteiger partial charge in [-0.15, -0.1) is 0 Å². The van der Waals surface area contributed by atoms with Crippen molar-refractivity contribution in [3.8, 4) is 17.2 Å².